The standard InChI is InChI=1S/C11H12ClFN2O4/c1-11(2,3)19-10(18)15-5-4-14-8(13)7(12)6(5)9(16)17/h4H,1-3H3,(H,15,18)(H,16,17). The van der Waals surface area contributed by atoms with Gasteiger partial charge in [0.15, 0.2) is 0 Å². The number of hydrogen-bond donors (Lipinski definition) is 2. The second kappa shape index (κ2) is 5.40. The highest BCUT2D eigenvalue weighted by molar-refractivity contribution is 6.34. The van der Waals surface area contributed by atoms with Gasteiger partial charge in [0.05, 0.1) is 11.9 Å². The van der Waals surface area contributed by atoms with E-state index >= 15 is 0 Å². The molecule has 1 heterocycles. The number of nitrogens with one attached hydrogen (secondary N) is 1. The summed E-state index contributed by atoms with van der Waals surface area (Å²) in [6.45, 7) is 4.92. The largest absolute Gasteiger partial charge is 0.478 e. The van der Waals surface area contributed by atoms with Crippen LogP contribution in [-0.4, -0.2) is 27.8 Å². The number of carboxylic acids is 1. The van der Waals surface area contributed by atoms with Gasteiger partial charge in [-0.25, -0.2) is 14.6 Å². The Hall–Kier alpha value is -1.89. The molecule has 1 rings (SSSR count). The SMILES string of the molecule is CC(C)(C)OC(=O)Nc1cnc(F)c(Cl)c1C(=O)O. The van der Waals surface area contributed by atoms with Crippen molar-refractivity contribution in [3.05, 3.63) is 22.7 Å². The Morgan fingerprint density at radius 2 is 2.05 bits per heavy atom. The Bertz CT molecular complexity index is 528. The molecule has 0 aromatic carbocycles. The van der Waals surface area contributed by atoms with Gasteiger partial charge in [-0.2, -0.15) is 4.39 Å². The van der Waals surface area contributed by atoms with E-state index < -0.39 is 34.2 Å². The van der Waals surface area contributed by atoms with Crippen LogP contribution in [0.3, 0.4) is 0 Å². The summed E-state index contributed by atoms with van der Waals surface area (Å²) in [6, 6.07) is 0. The van der Waals surface area contributed by atoms with Gasteiger partial charge in [0.1, 0.15) is 16.2 Å². The maximum Gasteiger partial charge on any atom is 0.412 e. The average molecular weight is 291 g/mol. The molecule has 0 saturated carbocycles. The predicted octanol–water partition coefficient (Wildman–Crippen LogP) is 2.92. The number of amides is 1. The van der Waals surface area contributed by atoms with Gasteiger partial charge in [-0.05, 0) is 20.8 Å². The van der Waals surface area contributed by atoms with Crippen LogP contribution in [0.4, 0.5) is 14.9 Å². The highest BCUT2D eigenvalue weighted by Crippen LogP contribution is 2.26. The highest BCUT2D eigenvalue weighted by Gasteiger charge is 2.23. The van der Waals surface area contributed by atoms with Gasteiger partial charge in [0.25, 0.3) is 0 Å². The van der Waals surface area contributed by atoms with E-state index in [-0.39, 0.29) is 5.69 Å². The van der Waals surface area contributed by atoms with Crippen molar-refractivity contribution in [3.8, 4) is 0 Å². The van der Waals surface area contributed by atoms with Crippen LogP contribution in [0.2, 0.25) is 5.02 Å². The molecule has 1 aromatic rings. The van der Waals surface area contributed by atoms with Gasteiger partial charge >= 0.3 is 12.1 Å². The Morgan fingerprint density at radius 1 is 1.47 bits per heavy atom. The number of pyridine rings is 1. The maximum absolute atomic E-state index is 13.1. The van der Waals surface area contributed by atoms with Crippen LogP contribution in [0.1, 0.15) is 31.1 Å². The van der Waals surface area contributed by atoms with Crippen molar-refractivity contribution >= 4 is 29.4 Å². The number of carbonyl (C=O) groups is 2. The number of aromatic nitrogens is 1. The van der Waals surface area contributed by atoms with Crippen LogP contribution in [0.25, 0.3) is 0 Å². The van der Waals surface area contributed by atoms with E-state index in [9.17, 15) is 14.0 Å². The molecule has 0 saturated heterocycles. The summed E-state index contributed by atoms with van der Waals surface area (Å²) in [7, 11) is 0. The Labute approximate surface area is 113 Å². The summed E-state index contributed by atoms with van der Waals surface area (Å²) >= 11 is 5.50. The van der Waals surface area contributed by atoms with Gasteiger partial charge < -0.3 is 9.84 Å². The molecule has 0 radical (unpaired) electrons. The minimum absolute atomic E-state index is 0.242. The fourth-order valence-electron chi connectivity index (χ4n) is 1.18. The first-order valence-electron chi connectivity index (χ1n) is 5.19. The number of carboxylic acid groups (broad SMARTS) is 1. The van der Waals surface area contributed by atoms with E-state index in [0.717, 1.165) is 6.20 Å². The summed E-state index contributed by atoms with van der Waals surface area (Å²) in [5.41, 5.74) is -1.58. The quantitative estimate of drug-likeness (QED) is 0.818. The normalized spacial score (nSPS) is 11.0. The minimum atomic E-state index is -1.49. The van der Waals surface area contributed by atoms with E-state index in [1.165, 1.54) is 0 Å². The fourth-order valence-corrected chi connectivity index (χ4v) is 1.41. The number of halogens is 2. The third-order valence-electron chi connectivity index (χ3n) is 1.83. The summed E-state index contributed by atoms with van der Waals surface area (Å²) in [5, 5.41) is 10.4. The van der Waals surface area contributed by atoms with Crippen molar-refractivity contribution in [1.29, 1.82) is 0 Å². The summed E-state index contributed by atoms with van der Waals surface area (Å²) in [5.74, 6) is -2.62. The lowest BCUT2D eigenvalue weighted by Crippen LogP contribution is -2.28. The monoisotopic (exact) mass is 290 g/mol. The molecule has 0 aliphatic heterocycles. The number of aromatic carboxylic acids is 1. The van der Waals surface area contributed by atoms with Crippen LogP contribution in [0.5, 0.6) is 0 Å². The van der Waals surface area contributed by atoms with Gasteiger partial charge in [-0.15, -0.1) is 0 Å². The Morgan fingerprint density at radius 3 is 2.53 bits per heavy atom. The number of anilines is 1. The zero-order chi connectivity index (χ0) is 14.8. The van der Waals surface area contributed by atoms with Crippen LogP contribution in [0.15, 0.2) is 6.20 Å². The number of carbonyl (C=O) groups excluding carboxylic acids is 1. The maximum atomic E-state index is 13.1. The molecule has 19 heavy (non-hydrogen) atoms. The van der Waals surface area contributed by atoms with Crippen molar-refractivity contribution in [2.45, 2.75) is 26.4 Å². The smallest absolute Gasteiger partial charge is 0.412 e. The number of rotatable bonds is 2. The number of nitrogens with zero attached hydrogens (tertiary/aromatic N) is 1. The molecule has 104 valence electrons. The molecular weight excluding hydrogens is 279 g/mol. The first-order chi connectivity index (χ1) is 8.61. The molecule has 0 aliphatic carbocycles. The molecule has 1 aromatic heterocycles. The van der Waals surface area contributed by atoms with E-state index in [1.807, 2.05) is 0 Å². The highest BCUT2D eigenvalue weighted by atomic mass is 35.5. The summed E-state index contributed by atoms with van der Waals surface area (Å²) in [4.78, 5) is 25.7. The lowest BCUT2D eigenvalue weighted by molar-refractivity contribution is 0.0636. The van der Waals surface area contributed by atoms with E-state index in [2.05, 4.69) is 10.3 Å². The summed E-state index contributed by atoms with van der Waals surface area (Å²) < 4.78 is 18.0. The fraction of sp³-hybridized carbons (Fsp3) is 0.364. The van der Waals surface area contributed by atoms with Crippen LogP contribution in [0, 0.1) is 5.95 Å². The third kappa shape index (κ3) is 4.06. The molecule has 0 spiro atoms. The average Bonchev–Trinajstić information content (AvgIpc) is 2.20. The molecule has 0 aliphatic rings. The minimum Gasteiger partial charge on any atom is -0.478 e. The van der Waals surface area contributed by atoms with Crippen molar-refractivity contribution < 1.29 is 23.8 Å². The Kier molecular flexibility index (Phi) is 4.31. The van der Waals surface area contributed by atoms with E-state index in [1.54, 1.807) is 20.8 Å². The molecule has 0 atom stereocenters. The first-order valence-corrected chi connectivity index (χ1v) is 5.57. The lowest BCUT2D eigenvalue weighted by atomic mass is 10.2. The molecule has 6 nitrogen and oxygen atoms in total. The van der Waals surface area contributed by atoms with Crippen LogP contribution in [-0.2, 0) is 4.74 Å². The zero-order valence-electron chi connectivity index (χ0n) is 10.5. The van der Waals surface area contributed by atoms with Gasteiger partial charge in [-0.1, -0.05) is 11.6 Å². The zero-order valence-corrected chi connectivity index (χ0v) is 11.2. The van der Waals surface area contributed by atoms with Gasteiger partial charge in [-0.3, -0.25) is 5.32 Å². The van der Waals surface area contributed by atoms with Crippen LogP contribution >= 0.6 is 11.6 Å². The second-order valence-electron chi connectivity index (χ2n) is 4.58. The number of ether oxygens (including phenoxy) is 1. The van der Waals surface area contributed by atoms with Crippen molar-refractivity contribution in [3.63, 3.8) is 0 Å². The first kappa shape index (κ1) is 15.2. The molecule has 0 unspecified atom stereocenters. The topological polar surface area (TPSA) is 88.5 Å². The molecule has 1 amide bonds. The molecule has 8 heteroatoms. The summed E-state index contributed by atoms with van der Waals surface area (Å²) in [6.07, 6.45) is -0.0336. The Balaban J connectivity index is 3.05. The van der Waals surface area contributed by atoms with Gasteiger partial charge in [0.2, 0.25) is 5.95 Å². The molecule has 0 bridgehead atoms. The van der Waals surface area contributed by atoms with Crippen molar-refractivity contribution in [2.75, 3.05) is 5.32 Å². The third-order valence-corrected chi connectivity index (χ3v) is 2.17. The van der Waals surface area contributed by atoms with E-state index in [4.69, 9.17) is 21.4 Å². The predicted molar refractivity (Wildman–Crippen MR) is 66.0 cm³/mol. The van der Waals surface area contributed by atoms with Crippen molar-refractivity contribution in [1.82, 2.24) is 4.98 Å². The lowest BCUT2D eigenvalue weighted by Gasteiger charge is -2.20. The number of hydrogen-bond acceptors (Lipinski definition) is 4. The molecular formula is C11H12ClFN2O4. The second-order valence-corrected chi connectivity index (χ2v) is 4.96. The van der Waals surface area contributed by atoms with Gasteiger partial charge in [0, 0.05) is 0 Å². The molecule has 2 N–H and O–H groups in total. The van der Waals surface area contributed by atoms with Crippen LogP contribution < -0.4 is 5.32 Å². The van der Waals surface area contributed by atoms with Crippen molar-refractivity contribution in [2.24, 2.45) is 0 Å². The van der Waals surface area contributed by atoms with E-state index in [0.29, 0.717) is 0 Å². The molecule has 0 fully saturated rings.